The highest BCUT2D eigenvalue weighted by molar-refractivity contribution is 4.42. The third-order valence-corrected chi connectivity index (χ3v) is 1.22. The Morgan fingerprint density at radius 2 is 1.80 bits per heavy atom. The monoisotopic (exact) mass is 149 g/mol. The van der Waals surface area contributed by atoms with Crippen LogP contribution in [0, 0.1) is 0 Å². The first kappa shape index (κ1) is 16.5. The minimum atomic E-state index is 0. The Balaban J connectivity index is -0.000000245. The molecule has 2 heteroatoms. The minimum absolute atomic E-state index is 0. The Morgan fingerprint density at radius 1 is 1.30 bits per heavy atom. The van der Waals surface area contributed by atoms with E-state index in [2.05, 4.69) is 18.9 Å². The topological polar surface area (TPSA) is 12.5 Å². The van der Waals surface area contributed by atoms with Crippen LogP contribution in [0.4, 0.5) is 0 Å². The molecule has 0 saturated heterocycles. The van der Waals surface area contributed by atoms with E-state index in [-0.39, 0.29) is 14.9 Å². The molecule has 0 spiro atoms. The fourth-order valence-corrected chi connectivity index (χ4v) is 0.405. The van der Waals surface area contributed by atoms with Crippen molar-refractivity contribution in [3.05, 3.63) is 0 Å². The molecule has 0 aromatic rings. The smallest absolute Gasteiger partial charge is 0.0589 e. The van der Waals surface area contributed by atoms with Gasteiger partial charge in [-0.1, -0.05) is 21.8 Å². The van der Waals surface area contributed by atoms with Crippen molar-refractivity contribution in [2.75, 3.05) is 33.9 Å². The quantitative estimate of drug-likeness (QED) is 0.605. The van der Waals surface area contributed by atoms with Gasteiger partial charge >= 0.3 is 0 Å². The molecule has 2 nitrogen and oxygen atoms in total. The third kappa shape index (κ3) is 10.8. The molecule has 0 heterocycles. The maximum Gasteiger partial charge on any atom is 0.0589 e. The summed E-state index contributed by atoms with van der Waals surface area (Å²) in [6.45, 7) is 5.11. The van der Waals surface area contributed by atoms with E-state index in [1.165, 1.54) is 0 Å². The van der Waals surface area contributed by atoms with Crippen LogP contribution in [0.2, 0.25) is 0 Å². The summed E-state index contributed by atoms with van der Waals surface area (Å²) in [5.41, 5.74) is 0. The van der Waals surface area contributed by atoms with Crippen LogP contribution in [-0.2, 0) is 4.74 Å². The first-order valence-electron chi connectivity index (χ1n) is 2.98. The van der Waals surface area contributed by atoms with Crippen molar-refractivity contribution in [1.29, 1.82) is 0 Å². The van der Waals surface area contributed by atoms with Gasteiger partial charge in [-0.25, -0.2) is 0 Å². The zero-order chi connectivity index (χ0) is 6.41. The zero-order valence-electron chi connectivity index (χ0n) is 5.98. The molecule has 0 aliphatic carbocycles. The van der Waals surface area contributed by atoms with Crippen LogP contribution in [-0.4, -0.2) is 38.8 Å². The van der Waals surface area contributed by atoms with Gasteiger partial charge in [0.05, 0.1) is 6.61 Å². The van der Waals surface area contributed by atoms with Crippen molar-refractivity contribution in [1.82, 2.24) is 4.90 Å². The number of likely N-dealkylation sites (N-methyl/N-ethyl adjacent to an activating group) is 1. The molecule has 0 aromatic heterocycles. The molecule has 0 fully saturated rings. The van der Waals surface area contributed by atoms with Crippen molar-refractivity contribution in [3.63, 3.8) is 0 Å². The molecule has 0 atom stereocenters. The number of methoxy groups -OCH3 is 1. The predicted molar refractivity (Wildman–Crippen MR) is 48.5 cm³/mol. The summed E-state index contributed by atoms with van der Waals surface area (Å²) >= 11 is 0. The standard InChI is InChI=1S/C6H15NO.2CH4/c1-4-7(2)5-6-8-3;;/h4-6H2,1-3H3;2*1H4. The van der Waals surface area contributed by atoms with Gasteiger partial charge in [-0.2, -0.15) is 0 Å². The highest BCUT2D eigenvalue weighted by Gasteiger charge is 1.89. The van der Waals surface area contributed by atoms with Crippen LogP contribution in [0.3, 0.4) is 0 Å². The maximum atomic E-state index is 4.87. The minimum Gasteiger partial charge on any atom is -0.383 e. The summed E-state index contributed by atoms with van der Waals surface area (Å²) < 4.78 is 4.87. The molecular weight excluding hydrogens is 126 g/mol. The Hall–Kier alpha value is -0.0800. The molecule has 10 heavy (non-hydrogen) atoms. The maximum absolute atomic E-state index is 4.87. The Bertz CT molecular complexity index is 48.5. The van der Waals surface area contributed by atoms with E-state index in [1.807, 2.05) is 0 Å². The van der Waals surface area contributed by atoms with Crippen LogP contribution in [0.5, 0.6) is 0 Å². The molecule has 0 N–H and O–H groups in total. The molecule has 0 saturated carbocycles. The second-order valence-electron chi connectivity index (χ2n) is 1.89. The number of ether oxygens (including phenoxy) is 1. The largest absolute Gasteiger partial charge is 0.383 e. The lowest BCUT2D eigenvalue weighted by molar-refractivity contribution is 0.164. The zero-order valence-corrected chi connectivity index (χ0v) is 5.98. The molecule has 0 aliphatic rings. The summed E-state index contributed by atoms with van der Waals surface area (Å²) in [5.74, 6) is 0. The third-order valence-electron chi connectivity index (χ3n) is 1.22. The molecule has 0 amide bonds. The molecule has 0 aromatic carbocycles. The van der Waals surface area contributed by atoms with E-state index in [0.29, 0.717) is 0 Å². The fourth-order valence-electron chi connectivity index (χ4n) is 0.405. The van der Waals surface area contributed by atoms with Gasteiger partial charge in [0.1, 0.15) is 0 Å². The lowest BCUT2D eigenvalue weighted by Crippen LogP contribution is -2.21. The summed E-state index contributed by atoms with van der Waals surface area (Å²) in [7, 11) is 3.81. The highest BCUT2D eigenvalue weighted by Crippen LogP contribution is 1.78. The molecule has 0 aliphatic heterocycles. The van der Waals surface area contributed by atoms with E-state index in [0.717, 1.165) is 19.7 Å². The van der Waals surface area contributed by atoms with Gasteiger partial charge in [0.2, 0.25) is 0 Å². The van der Waals surface area contributed by atoms with Crippen molar-refractivity contribution in [2.24, 2.45) is 0 Å². The van der Waals surface area contributed by atoms with Gasteiger partial charge in [-0.05, 0) is 13.6 Å². The number of nitrogens with zero attached hydrogens (tertiary/aromatic N) is 1. The van der Waals surface area contributed by atoms with Gasteiger partial charge in [0.25, 0.3) is 0 Å². The number of hydrogen-bond acceptors (Lipinski definition) is 2. The molecule has 0 radical (unpaired) electrons. The van der Waals surface area contributed by atoms with E-state index in [9.17, 15) is 0 Å². The van der Waals surface area contributed by atoms with Gasteiger partial charge in [0.15, 0.2) is 0 Å². The van der Waals surface area contributed by atoms with Gasteiger partial charge in [-0.3, -0.25) is 0 Å². The van der Waals surface area contributed by atoms with Crippen LogP contribution >= 0.6 is 0 Å². The van der Waals surface area contributed by atoms with Crippen molar-refractivity contribution in [3.8, 4) is 0 Å². The fraction of sp³-hybridized carbons (Fsp3) is 1.00. The van der Waals surface area contributed by atoms with E-state index in [1.54, 1.807) is 7.11 Å². The molecule has 66 valence electrons. The first-order chi connectivity index (χ1) is 3.81. The predicted octanol–water partition coefficient (Wildman–Crippen LogP) is 1.86. The Labute approximate surface area is 66.2 Å². The number of rotatable bonds is 4. The van der Waals surface area contributed by atoms with E-state index < -0.39 is 0 Å². The summed E-state index contributed by atoms with van der Waals surface area (Å²) in [6, 6.07) is 0. The van der Waals surface area contributed by atoms with Crippen molar-refractivity contribution >= 4 is 0 Å². The highest BCUT2D eigenvalue weighted by atomic mass is 16.5. The second kappa shape index (κ2) is 11.7. The summed E-state index contributed by atoms with van der Waals surface area (Å²) in [6.07, 6.45) is 0. The van der Waals surface area contributed by atoms with Crippen LogP contribution < -0.4 is 0 Å². The summed E-state index contributed by atoms with van der Waals surface area (Å²) in [4.78, 5) is 2.21. The average Bonchev–Trinajstić information content (AvgIpc) is 1.83. The molecular formula is C8H23NO. The summed E-state index contributed by atoms with van der Waals surface area (Å²) in [5, 5.41) is 0. The molecule has 0 bridgehead atoms. The lowest BCUT2D eigenvalue weighted by Gasteiger charge is -2.11. The van der Waals surface area contributed by atoms with Crippen molar-refractivity contribution < 1.29 is 4.74 Å². The SMILES string of the molecule is C.C.CCN(C)CCOC. The first-order valence-corrected chi connectivity index (χ1v) is 2.98. The molecule has 0 rings (SSSR count). The van der Waals surface area contributed by atoms with Crippen LogP contribution in [0.1, 0.15) is 21.8 Å². The second-order valence-corrected chi connectivity index (χ2v) is 1.89. The normalized spacial score (nSPS) is 8.40. The Kier molecular flexibility index (Phi) is 19.3. The van der Waals surface area contributed by atoms with Gasteiger partial charge in [-0.15, -0.1) is 0 Å². The van der Waals surface area contributed by atoms with E-state index >= 15 is 0 Å². The van der Waals surface area contributed by atoms with Crippen molar-refractivity contribution in [2.45, 2.75) is 21.8 Å². The van der Waals surface area contributed by atoms with Gasteiger partial charge in [0, 0.05) is 13.7 Å². The average molecular weight is 149 g/mol. The molecule has 0 unspecified atom stereocenters. The Morgan fingerprint density at radius 3 is 2.10 bits per heavy atom. The number of hydrogen-bond donors (Lipinski definition) is 0. The van der Waals surface area contributed by atoms with Crippen LogP contribution in [0.25, 0.3) is 0 Å². The van der Waals surface area contributed by atoms with Gasteiger partial charge < -0.3 is 9.64 Å². The lowest BCUT2D eigenvalue weighted by atomic mass is 10.5. The van der Waals surface area contributed by atoms with Crippen LogP contribution in [0.15, 0.2) is 0 Å². The van der Waals surface area contributed by atoms with E-state index in [4.69, 9.17) is 4.74 Å².